The van der Waals surface area contributed by atoms with E-state index in [1.54, 1.807) is 11.1 Å². The van der Waals surface area contributed by atoms with Gasteiger partial charge in [-0.25, -0.2) is 0 Å². The Morgan fingerprint density at radius 2 is 2.08 bits per heavy atom. The van der Waals surface area contributed by atoms with Crippen LogP contribution in [0.25, 0.3) is 0 Å². The topological polar surface area (TPSA) is 0 Å². The van der Waals surface area contributed by atoms with Crippen LogP contribution in [0.4, 0.5) is 0 Å². The third kappa shape index (κ3) is 1.27. The van der Waals surface area contributed by atoms with Crippen molar-refractivity contribution < 1.29 is 0 Å². The molecule has 1 heteroatoms. The molecule has 0 saturated carbocycles. The first-order chi connectivity index (χ1) is 5.79. The zero-order valence-corrected chi connectivity index (χ0v) is 8.40. The molecule has 1 atom stereocenters. The van der Waals surface area contributed by atoms with Crippen molar-refractivity contribution in [2.75, 3.05) is 0 Å². The fourth-order valence-electron chi connectivity index (χ4n) is 1.76. The predicted octanol–water partition coefficient (Wildman–Crippen LogP) is 3.63. The molecule has 0 aromatic heterocycles. The van der Waals surface area contributed by atoms with E-state index < -0.39 is 0 Å². The first-order valence-corrected chi connectivity index (χ1v) is 5.53. The van der Waals surface area contributed by atoms with Crippen molar-refractivity contribution >= 4 is 11.8 Å². The molecule has 0 nitrogen and oxygen atoms in total. The molecule has 1 aliphatic rings. The van der Waals surface area contributed by atoms with Crippen LogP contribution in [0.1, 0.15) is 30.2 Å². The molecule has 12 heavy (non-hydrogen) atoms. The Labute approximate surface area is 78.4 Å². The van der Waals surface area contributed by atoms with Gasteiger partial charge in [-0.2, -0.15) is 0 Å². The summed E-state index contributed by atoms with van der Waals surface area (Å²) in [5.41, 5.74) is 3.11. The van der Waals surface area contributed by atoms with Gasteiger partial charge in [0.25, 0.3) is 0 Å². The minimum atomic E-state index is 0.737. The highest BCUT2D eigenvalue weighted by atomic mass is 32.2. The summed E-state index contributed by atoms with van der Waals surface area (Å²) in [6.45, 7) is 4.61. The van der Waals surface area contributed by atoms with Gasteiger partial charge in [-0.05, 0) is 17.0 Å². The molecule has 1 heterocycles. The van der Waals surface area contributed by atoms with Crippen molar-refractivity contribution in [1.29, 1.82) is 0 Å². The van der Waals surface area contributed by atoms with E-state index in [0.717, 1.165) is 11.2 Å². The first kappa shape index (κ1) is 8.18. The van der Waals surface area contributed by atoms with Crippen LogP contribution in [0.3, 0.4) is 0 Å². The van der Waals surface area contributed by atoms with Crippen LogP contribution in [0.5, 0.6) is 0 Å². The molecule has 0 saturated heterocycles. The van der Waals surface area contributed by atoms with Crippen molar-refractivity contribution in [3.05, 3.63) is 35.4 Å². The fourth-order valence-corrected chi connectivity index (χ4v) is 3.18. The smallest absolute Gasteiger partial charge is 0.0326 e. The van der Waals surface area contributed by atoms with Crippen LogP contribution in [0, 0.1) is 5.92 Å². The average molecular weight is 178 g/mol. The summed E-state index contributed by atoms with van der Waals surface area (Å²) in [5.74, 6) is 1.97. The lowest BCUT2D eigenvalue weighted by molar-refractivity contribution is 0.636. The second-order valence-corrected chi connectivity index (χ2v) is 4.80. The van der Waals surface area contributed by atoms with E-state index in [2.05, 4.69) is 49.9 Å². The van der Waals surface area contributed by atoms with Gasteiger partial charge in [-0.1, -0.05) is 38.1 Å². The van der Waals surface area contributed by atoms with Crippen molar-refractivity contribution in [1.82, 2.24) is 0 Å². The lowest BCUT2D eigenvalue weighted by Gasteiger charge is -2.14. The lowest BCUT2D eigenvalue weighted by atomic mass is 9.99. The molecule has 0 amide bonds. The summed E-state index contributed by atoms with van der Waals surface area (Å²) < 4.78 is 0. The van der Waals surface area contributed by atoms with E-state index in [1.165, 1.54) is 5.75 Å². The van der Waals surface area contributed by atoms with Gasteiger partial charge in [0.05, 0.1) is 0 Å². The van der Waals surface area contributed by atoms with Crippen LogP contribution in [-0.2, 0) is 5.75 Å². The number of benzene rings is 1. The average Bonchev–Trinajstić information content (AvgIpc) is 2.47. The van der Waals surface area contributed by atoms with E-state index in [1.807, 2.05) is 0 Å². The van der Waals surface area contributed by atoms with Crippen LogP contribution >= 0.6 is 11.8 Å². The second kappa shape index (κ2) is 3.14. The summed E-state index contributed by atoms with van der Waals surface area (Å²) in [4.78, 5) is 0. The van der Waals surface area contributed by atoms with Crippen molar-refractivity contribution in [3.63, 3.8) is 0 Å². The highest BCUT2D eigenvalue weighted by Gasteiger charge is 2.24. The second-order valence-electron chi connectivity index (χ2n) is 3.67. The van der Waals surface area contributed by atoms with Crippen LogP contribution < -0.4 is 0 Å². The van der Waals surface area contributed by atoms with E-state index in [4.69, 9.17) is 0 Å². The first-order valence-electron chi connectivity index (χ1n) is 4.48. The number of thioether (sulfide) groups is 1. The van der Waals surface area contributed by atoms with Gasteiger partial charge in [-0.3, -0.25) is 0 Å². The van der Waals surface area contributed by atoms with Gasteiger partial charge in [0, 0.05) is 11.0 Å². The van der Waals surface area contributed by atoms with Crippen LogP contribution in [0.2, 0.25) is 0 Å². The zero-order chi connectivity index (χ0) is 8.55. The monoisotopic (exact) mass is 178 g/mol. The quantitative estimate of drug-likeness (QED) is 0.633. The molecule has 0 spiro atoms. The standard InChI is InChI=1S/C11H14S/c1-8(2)11-10-6-4-3-5-9(10)7-12-11/h3-6,8,11H,7H2,1-2H3. The van der Waals surface area contributed by atoms with Gasteiger partial charge >= 0.3 is 0 Å². The van der Waals surface area contributed by atoms with E-state index in [0.29, 0.717) is 0 Å². The number of hydrogen-bond acceptors (Lipinski definition) is 1. The number of hydrogen-bond donors (Lipinski definition) is 0. The molecule has 2 rings (SSSR count). The Hall–Kier alpha value is -0.430. The molecule has 0 N–H and O–H groups in total. The molecule has 0 bridgehead atoms. The Bertz CT molecular complexity index is 278. The molecule has 1 aromatic carbocycles. The molecule has 0 fully saturated rings. The number of fused-ring (bicyclic) bond motifs is 1. The van der Waals surface area contributed by atoms with Crippen molar-refractivity contribution in [2.24, 2.45) is 5.92 Å². The van der Waals surface area contributed by atoms with Gasteiger partial charge in [0.2, 0.25) is 0 Å². The number of rotatable bonds is 1. The minimum absolute atomic E-state index is 0.737. The molecule has 1 aliphatic heterocycles. The fraction of sp³-hybridized carbons (Fsp3) is 0.455. The third-order valence-electron chi connectivity index (χ3n) is 2.39. The van der Waals surface area contributed by atoms with Crippen LogP contribution in [0.15, 0.2) is 24.3 Å². The minimum Gasteiger partial charge on any atom is -0.149 e. The highest BCUT2D eigenvalue weighted by Crippen LogP contribution is 2.45. The molecule has 64 valence electrons. The largest absolute Gasteiger partial charge is 0.149 e. The Kier molecular flexibility index (Phi) is 2.14. The van der Waals surface area contributed by atoms with Gasteiger partial charge in [-0.15, -0.1) is 11.8 Å². The van der Waals surface area contributed by atoms with Crippen molar-refractivity contribution in [2.45, 2.75) is 24.9 Å². The Morgan fingerprint density at radius 3 is 2.83 bits per heavy atom. The summed E-state index contributed by atoms with van der Waals surface area (Å²) in [5, 5.41) is 0.737. The predicted molar refractivity (Wildman–Crippen MR) is 55.3 cm³/mol. The van der Waals surface area contributed by atoms with Gasteiger partial charge in [0.1, 0.15) is 0 Å². The summed E-state index contributed by atoms with van der Waals surface area (Å²) >= 11 is 2.08. The Balaban J connectivity index is 2.36. The maximum Gasteiger partial charge on any atom is 0.0326 e. The van der Waals surface area contributed by atoms with Gasteiger partial charge in [0.15, 0.2) is 0 Å². The van der Waals surface area contributed by atoms with Gasteiger partial charge < -0.3 is 0 Å². The molecule has 1 unspecified atom stereocenters. The van der Waals surface area contributed by atoms with Crippen LogP contribution in [-0.4, -0.2) is 0 Å². The van der Waals surface area contributed by atoms with Crippen molar-refractivity contribution in [3.8, 4) is 0 Å². The zero-order valence-electron chi connectivity index (χ0n) is 7.58. The molecule has 0 aliphatic carbocycles. The molecule has 0 radical (unpaired) electrons. The molecular weight excluding hydrogens is 164 g/mol. The summed E-state index contributed by atoms with van der Waals surface area (Å²) in [7, 11) is 0. The highest BCUT2D eigenvalue weighted by molar-refractivity contribution is 7.99. The Morgan fingerprint density at radius 1 is 1.33 bits per heavy atom. The molecular formula is C11H14S. The lowest BCUT2D eigenvalue weighted by Crippen LogP contribution is -1.98. The SMILES string of the molecule is CC(C)C1SCc2ccccc21. The van der Waals surface area contributed by atoms with E-state index in [-0.39, 0.29) is 0 Å². The van der Waals surface area contributed by atoms with E-state index in [9.17, 15) is 0 Å². The third-order valence-corrected chi connectivity index (χ3v) is 4.02. The summed E-state index contributed by atoms with van der Waals surface area (Å²) in [6, 6.07) is 8.83. The normalized spacial score (nSPS) is 21.4. The van der Waals surface area contributed by atoms with E-state index >= 15 is 0 Å². The molecule has 1 aromatic rings. The maximum absolute atomic E-state index is 2.31. The maximum atomic E-state index is 2.31. The summed E-state index contributed by atoms with van der Waals surface area (Å²) in [6.07, 6.45) is 0.